The van der Waals surface area contributed by atoms with Crippen molar-refractivity contribution in [2.75, 3.05) is 39.8 Å². The number of hydrogen-bond donors (Lipinski definition) is 2. The van der Waals surface area contributed by atoms with Crippen LogP contribution in [0.2, 0.25) is 5.02 Å². The van der Waals surface area contributed by atoms with Crippen LogP contribution < -0.4 is 14.2 Å². The maximum absolute atomic E-state index is 9.83. The molecule has 2 aromatic heterocycles. The number of pyridine rings is 1. The number of halogens is 1. The number of nitriles is 1. The van der Waals surface area contributed by atoms with Gasteiger partial charge >= 0.3 is 0 Å². The van der Waals surface area contributed by atoms with Gasteiger partial charge in [0.1, 0.15) is 42.4 Å². The van der Waals surface area contributed by atoms with Gasteiger partial charge in [0.15, 0.2) is 0 Å². The molecule has 1 fully saturated rings. The second-order valence-electron chi connectivity index (χ2n) is 14.8. The SMILES string of the molecule is Cc1c(COc2cc(OCc3cncc(C#N)c3)c(CN(C)CCc3nc4ccccc4[nH]3)cc2Cl)cccc1-c1cccc(OCCCN2CCC(O)C2)c1C. The van der Waals surface area contributed by atoms with Gasteiger partial charge in [0.25, 0.3) is 0 Å². The van der Waals surface area contributed by atoms with Gasteiger partial charge in [-0.25, -0.2) is 4.98 Å². The summed E-state index contributed by atoms with van der Waals surface area (Å²) in [6.45, 7) is 9.35. The molecule has 57 heavy (non-hydrogen) atoms. The van der Waals surface area contributed by atoms with E-state index < -0.39 is 0 Å². The number of nitrogens with zero attached hydrogens (tertiary/aromatic N) is 5. The molecular formula is C46H49ClN6O4. The van der Waals surface area contributed by atoms with Crippen LogP contribution in [0.4, 0.5) is 0 Å². The Labute approximate surface area is 339 Å². The lowest BCUT2D eigenvalue weighted by Gasteiger charge is -2.21. The molecule has 1 aliphatic rings. The largest absolute Gasteiger partial charge is 0.493 e. The van der Waals surface area contributed by atoms with E-state index in [1.54, 1.807) is 12.3 Å². The maximum Gasteiger partial charge on any atom is 0.142 e. The molecule has 0 aliphatic carbocycles. The molecule has 0 saturated carbocycles. The summed E-state index contributed by atoms with van der Waals surface area (Å²) >= 11 is 6.94. The van der Waals surface area contributed by atoms with E-state index in [9.17, 15) is 10.4 Å². The summed E-state index contributed by atoms with van der Waals surface area (Å²) in [6.07, 6.45) is 5.55. The van der Waals surface area contributed by atoms with Crippen LogP contribution in [0, 0.1) is 25.2 Å². The van der Waals surface area contributed by atoms with Gasteiger partial charge in [-0.1, -0.05) is 54.1 Å². The molecule has 10 nitrogen and oxygen atoms in total. The van der Waals surface area contributed by atoms with Crippen LogP contribution >= 0.6 is 11.6 Å². The highest BCUT2D eigenvalue weighted by atomic mass is 35.5. The Balaban J connectivity index is 1.04. The minimum atomic E-state index is -0.204. The van der Waals surface area contributed by atoms with Crippen LogP contribution in [-0.4, -0.2) is 75.8 Å². The lowest BCUT2D eigenvalue weighted by molar-refractivity contribution is 0.173. The van der Waals surface area contributed by atoms with Crippen molar-refractivity contribution in [3.63, 3.8) is 0 Å². The van der Waals surface area contributed by atoms with Gasteiger partial charge in [0, 0.05) is 68.7 Å². The second kappa shape index (κ2) is 18.7. The molecule has 11 heteroatoms. The number of H-pyrrole nitrogens is 1. The van der Waals surface area contributed by atoms with Gasteiger partial charge in [-0.2, -0.15) is 5.26 Å². The molecule has 4 aromatic carbocycles. The van der Waals surface area contributed by atoms with Crippen LogP contribution in [0.5, 0.6) is 17.2 Å². The Bertz CT molecular complexity index is 2320. The number of rotatable bonds is 17. The van der Waals surface area contributed by atoms with E-state index in [4.69, 9.17) is 30.8 Å². The fourth-order valence-corrected chi connectivity index (χ4v) is 7.60. The molecule has 3 heterocycles. The Kier molecular flexibility index (Phi) is 13.0. The number of fused-ring (bicyclic) bond motifs is 1. The van der Waals surface area contributed by atoms with Crippen LogP contribution in [0.25, 0.3) is 22.2 Å². The molecule has 0 amide bonds. The molecule has 1 saturated heterocycles. The quantitative estimate of drug-likeness (QED) is 0.0879. The maximum atomic E-state index is 9.83. The number of aromatic amines is 1. The Hall–Kier alpha value is -5.44. The first-order chi connectivity index (χ1) is 27.7. The number of ether oxygens (including phenoxy) is 3. The molecule has 6 aromatic rings. The van der Waals surface area contributed by atoms with Gasteiger partial charge in [-0.3, -0.25) is 4.98 Å². The molecule has 0 bridgehead atoms. The zero-order valence-electron chi connectivity index (χ0n) is 32.8. The summed E-state index contributed by atoms with van der Waals surface area (Å²) in [5, 5.41) is 19.7. The number of imidazole rings is 1. The second-order valence-corrected chi connectivity index (χ2v) is 15.2. The van der Waals surface area contributed by atoms with Crippen molar-refractivity contribution in [1.29, 1.82) is 5.26 Å². The number of aromatic nitrogens is 3. The van der Waals surface area contributed by atoms with E-state index in [-0.39, 0.29) is 12.7 Å². The smallest absolute Gasteiger partial charge is 0.142 e. The number of aliphatic hydroxyl groups excluding tert-OH is 1. The number of β-amino-alcohol motifs (C(OH)–C–C–N with tert-alkyl or cyclic N) is 1. The molecule has 0 radical (unpaired) electrons. The van der Waals surface area contributed by atoms with Crippen molar-refractivity contribution in [3.8, 4) is 34.4 Å². The normalized spacial score (nSPS) is 14.3. The Morgan fingerprint density at radius 2 is 1.72 bits per heavy atom. The molecule has 294 valence electrons. The lowest BCUT2D eigenvalue weighted by atomic mass is 9.93. The molecule has 2 N–H and O–H groups in total. The number of benzene rings is 4. The monoisotopic (exact) mass is 784 g/mol. The van der Waals surface area contributed by atoms with Crippen LogP contribution in [0.15, 0.2) is 91.3 Å². The standard InChI is InChI=1S/C46H49ClN6O4/c1-31-35(9-6-10-38(31)39-11-7-14-43(32(39)2)55-20-8-17-53-19-15-37(54)28-53)30-57-45-23-44(56-29-34-21-33(24-48)25-49-26-34)36(22-40(45)47)27-52(3)18-16-46-50-41-12-4-5-13-42(41)51-46/h4-7,9-14,21-23,25-26,37,54H,8,15-20,27-30H2,1-3H3,(H,50,51). The number of likely N-dealkylation sites (tertiary alicyclic amines) is 1. The summed E-state index contributed by atoms with van der Waals surface area (Å²) in [7, 11) is 2.06. The van der Waals surface area contributed by atoms with Gasteiger partial charge in [0.2, 0.25) is 0 Å². The molecule has 1 atom stereocenters. The summed E-state index contributed by atoms with van der Waals surface area (Å²) in [5.41, 5.74) is 9.65. The molecule has 1 aliphatic heterocycles. The highest BCUT2D eigenvalue weighted by Crippen LogP contribution is 2.37. The first-order valence-corrected chi connectivity index (χ1v) is 19.9. The highest BCUT2D eigenvalue weighted by molar-refractivity contribution is 6.32. The molecule has 1 unspecified atom stereocenters. The van der Waals surface area contributed by atoms with Crippen molar-refractivity contribution >= 4 is 22.6 Å². The number of likely N-dealkylation sites (N-methyl/N-ethyl adjacent to an activating group) is 1. The van der Waals surface area contributed by atoms with E-state index >= 15 is 0 Å². The third-order valence-corrected chi connectivity index (χ3v) is 10.9. The summed E-state index contributed by atoms with van der Waals surface area (Å²) < 4.78 is 19.1. The van der Waals surface area contributed by atoms with Crippen molar-refractivity contribution in [2.45, 2.75) is 59.0 Å². The number of para-hydroxylation sites is 2. The van der Waals surface area contributed by atoms with E-state index in [1.807, 2.05) is 48.5 Å². The average Bonchev–Trinajstić information content (AvgIpc) is 3.84. The van der Waals surface area contributed by atoms with Gasteiger partial charge in [-0.15, -0.1) is 0 Å². The minimum absolute atomic E-state index is 0.204. The zero-order chi connectivity index (χ0) is 39.7. The van der Waals surface area contributed by atoms with E-state index in [1.165, 1.54) is 6.20 Å². The predicted molar refractivity (Wildman–Crippen MR) is 224 cm³/mol. The third-order valence-electron chi connectivity index (χ3n) is 10.6. The van der Waals surface area contributed by atoms with E-state index in [0.717, 1.165) is 107 Å². The first kappa shape index (κ1) is 39.8. The van der Waals surface area contributed by atoms with Crippen LogP contribution in [0.1, 0.15) is 52.0 Å². The zero-order valence-corrected chi connectivity index (χ0v) is 33.6. The van der Waals surface area contributed by atoms with Crippen LogP contribution in [-0.2, 0) is 26.2 Å². The summed E-state index contributed by atoms with van der Waals surface area (Å²) in [6, 6.07) is 28.2. The topological polar surface area (TPSA) is 120 Å². The van der Waals surface area contributed by atoms with Crippen molar-refractivity contribution in [3.05, 3.63) is 135 Å². The number of aliphatic hydroxyl groups is 1. The fourth-order valence-electron chi connectivity index (χ4n) is 7.36. The van der Waals surface area contributed by atoms with Crippen molar-refractivity contribution < 1.29 is 19.3 Å². The lowest BCUT2D eigenvalue weighted by Crippen LogP contribution is -2.24. The first-order valence-electron chi connectivity index (χ1n) is 19.5. The Morgan fingerprint density at radius 1 is 0.912 bits per heavy atom. The predicted octanol–water partition coefficient (Wildman–Crippen LogP) is 8.43. The van der Waals surface area contributed by atoms with Gasteiger partial charge in [-0.05, 0) is 91.9 Å². The molecule has 0 spiro atoms. The number of hydrogen-bond acceptors (Lipinski definition) is 9. The van der Waals surface area contributed by atoms with Gasteiger partial charge < -0.3 is 34.1 Å². The number of nitrogens with one attached hydrogen (secondary N) is 1. The third kappa shape index (κ3) is 10.1. The minimum Gasteiger partial charge on any atom is -0.493 e. The molecular weight excluding hydrogens is 736 g/mol. The summed E-state index contributed by atoms with van der Waals surface area (Å²) in [5.74, 6) is 2.98. The van der Waals surface area contributed by atoms with Crippen LogP contribution in [0.3, 0.4) is 0 Å². The fraction of sp³-hybridized carbons (Fsp3) is 0.326. The van der Waals surface area contributed by atoms with E-state index in [2.05, 4.69) is 71.0 Å². The molecule has 7 rings (SSSR count). The summed E-state index contributed by atoms with van der Waals surface area (Å²) in [4.78, 5) is 16.9. The highest BCUT2D eigenvalue weighted by Gasteiger charge is 2.20. The van der Waals surface area contributed by atoms with Gasteiger partial charge in [0.05, 0.1) is 34.3 Å². The average molecular weight is 785 g/mol. The Morgan fingerprint density at radius 3 is 2.53 bits per heavy atom. The van der Waals surface area contributed by atoms with Crippen molar-refractivity contribution in [1.82, 2.24) is 24.8 Å². The van der Waals surface area contributed by atoms with Crippen molar-refractivity contribution in [2.24, 2.45) is 0 Å². The van der Waals surface area contributed by atoms with E-state index in [0.29, 0.717) is 41.8 Å².